The van der Waals surface area contributed by atoms with Crippen LogP contribution >= 0.6 is 0 Å². The maximum Gasteiger partial charge on any atom is 0.150 e. The van der Waals surface area contributed by atoms with Crippen LogP contribution in [0.2, 0.25) is 0 Å². The molecule has 0 aliphatic carbocycles. The maximum absolute atomic E-state index is 12.7. The molecule has 1 aromatic carbocycles. The summed E-state index contributed by atoms with van der Waals surface area (Å²) in [6, 6.07) is 4.57. The largest absolute Gasteiger partial charge is 0.406 e. The average molecular weight is 181 g/mol. The summed E-state index contributed by atoms with van der Waals surface area (Å²) in [5.74, 6) is 0.537. The minimum absolute atomic E-state index is 0.214. The summed E-state index contributed by atoms with van der Waals surface area (Å²) in [5.41, 5.74) is 0.840. The predicted octanol–water partition coefficient (Wildman–Crippen LogP) is 2.13. The minimum Gasteiger partial charge on any atom is -0.406 e. The number of hydroxylamine groups is 2. The summed E-state index contributed by atoms with van der Waals surface area (Å²) >= 11 is 0. The number of rotatable bonds is 2. The molecule has 0 amide bonds. The minimum atomic E-state index is -0.214. The number of hydrogen-bond donors (Lipinski definition) is 0. The highest BCUT2D eigenvalue weighted by molar-refractivity contribution is 5.32. The Morgan fingerprint density at radius 1 is 1.38 bits per heavy atom. The van der Waals surface area contributed by atoms with Crippen molar-refractivity contribution in [2.45, 2.75) is 13.3 Å². The van der Waals surface area contributed by atoms with E-state index < -0.39 is 0 Å². The van der Waals surface area contributed by atoms with Crippen molar-refractivity contribution in [1.29, 1.82) is 0 Å². The lowest BCUT2D eigenvalue weighted by atomic mass is 10.2. The van der Waals surface area contributed by atoms with E-state index in [9.17, 15) is 4.39 Å². The monoisotopic (exact) mass is 181 g/mol. The first kappa shape index (κ1) is 8.51. The zero-order valence-electron chi connectivity index (χ0n) is 7.59. The molecule has 1 aliphatic heterocycles. The number of nitrogens with zero attached hydrogens (tertiary/aromatic N) is 1. The molecule has 2 rings (SSSR count). The Morgan fingerprint density at radius 2 is 2.15 bits per heavy atom. The lowest BCUT2D eigenvalue weighted by Crippen LogP contribution is -2.39. The van der Waals surface area contributed by atoms with Gasteiger partial charge in [0.1, 0.15) is 5.82 Å². The molecule has 0 radical (unpaired) electrons. The van der Waals surface area contributed by atoms with Crippen LogP contribution in [0.5, 0.6) is 5.75 Å². The molecule has 0 spiro atoms. The first-order valence-corrected chi connectivity index (χ1v) is 4.45. The molecule has 13 heavy (non-hydrogen) atoms. The second kappa shape index (κ2) is 3.34. The van der Waals surface area contributed by atoms with Crippen LogP contribution in [0, 0.1) is 12.7 Å². The molecular weight excluding hydrogens is 169 g/mol. The van der Waals surface area contributed by atoms with Crippen molar-refractivity contribution in [2.75, 3.05) is 13.1 Å². The summed E-state index contributed by atoms with van der Waals surface area (Å²) in [5, 5.41) is 1.88. The Bertz CT molecular complexity index is 310. The van der Waals surface area contributed by atoms with Crippen LogP contribution < -0.4 is 4.84 Å². The molecule has 2 nitrogen and oxygen atoms in total. The highest BCUT2D eigenvalue weighted by atomic mass is 19.1. The van der Waals surface area contributed by atoms with Gasteiger partial charge in [-0.2, -0.15) is 0 Å². The highest BCUT2D eigenvalue weighted by Gasteiger charge is 2.16. The normalized spacial score (nSPS) is 16.8. The van der Waals surface area contributed by atoms with Gasteiger partial charge in [-0.3, -0.25) is 0 Å². The molecule has 0 bridgehead atoms. The fourth-order valence-corrected chi connectivity index (χ4v) is 1.23. The van der Waals surface area contributed by atoms with Gasteiger partial charge in [-0.25, -0.2) is 4.39 Å². The quantitative estimate of drug-likeness (QED) is 0.693. The molecule has 0 aromatic heterocycles. The van der Waals surface area contributed by atoms with E-state index in [0.29, 0.717) is 0 Å². The smallest absolute Gasteiger partial charge is 0.150 e. The molecule has 1 fully saturated rings. The molecule has 3 heteroatoms. The van der Waals surface area contributed by atoms with E-state index in [1.54, 1.807) is 6.07 Å². The maximum atomic E-state index is 12.7. The Labute approximate surface area is 76.9 Å². The average Bonchev–Trinajstić information content (AvgIpc) is 1.99. The van der Waals surface area contributed by atoms with Gasteiger partial charge in [0.15, 0.2) is 5.75 Å². The van der Waals surface area contributed by atoms with E-state index in [1.807, 2.05) is 12.0 Å². The summed E-state index contributed by atoms with van der Waals surface area (Å²) in [6.45, 7) is 3.78. The molecule has 1 aromatic rings. The van der Waals surface area contributed by atoms with E-state index in [0.717, 1.165) is 24.4 Å². The molecule has 1 heterocycles. The molecule has 0 N–H and O–H groups in total. The van der Waals surface area contributed by atoms with Crippen molar-refractivity contribution in [3.8, 4) is 5.75 Å². The zero-order chi connectivity index (χ0) is 9.26. The van der Waals surface area contributed by atoms with E-state index >= 15 is 0 Å². The SMILES string of the molecule is Cc1cc(F)ccc1ON1CCC1. The zero-order valence-corrected chi connectivity index (χ0v) is 7.59. The number of halogens is 1. The Hall–Kier alpha value is -1.09. The Balaban J connectivity index is 2.10. The van der Waals surface area contributed by atoms with Crippen LogP contribution in [-0.4, -0.2) is 18.2 Å². The topological polar surface area (TPSA) is 12.5 Å². The van der Waals surface area contributed by atoms with Gasteiger partial charge in [-0.05, 0) is 37.1 Å². The van der Waals surface area contributed by atoms with Gasteiger partial charge in [0.05, 0.1) is 0 Å². The summed E-state index contributed by atoms with van der Waals surface area (Å²) in [4.78, 5) is 5.50. The number of hydrogen-bond acceptors (Lipinski definition) is 2. The van der Waals surface area contributed by atoms with Gasteiger partial charge in [-0.1, -0.05) is 0 Å². The lowest BCUT2D eigenvalue weighted by molar-refractivity contribution is -0.107. The van der Waals surface area contributed by atoms with E-state index in [4.69, 9.17) is 4.84 Å². The van der Waals surface area contributed by atoms with Crippen LogP contribution in [0.1, 0.15) is 12.0 Å². The molecule has 0 unspecified atom stereocenters. The fourth-order valence-electron chi connectivity index (χ4n) is 1.23. The Kier molecular flexibility index (Phi) is 2.19. The second-order valence-corrected chi connectivity index (χ2v) is 3.28. The van der Waals surface area contributed by atoms with Crippen LogP contribution in [0.4, 0.5) is 4.39 Å². The third-order valence-electron chi connectivity index (χ3n) is 2.18. The van der Waals surface area contributed by atoms with Crippen LogP contribution in [0.15, 0.2) is 18.2 Å². The lowest BCUT2D eigenvalue weighted by Gasteiger charge is -2.30. The molecule has 0 atom stereocenters. The molecule has 70 valence electrons. The van der Waals surface area contributed by atoms with Gasteiger partial charge in [0.2, 0.25) is 0 Å². The third-order valence-corrected chi connectivity index (χ3v) is 2.18. The van der Waals surface area contributed by atoms with Gasteiger partial charge in [0, 0.05) is 13.1 Å². The second-order valence-electron chi connectivity index (χ2n) is 3.28. The predicted molar refractivity (Wildman–Crippen MR) is 48.0 cm³/mol. The third kappa shape index (κ3) is 1.80. The van der Waals surface area contributed by atoms with Crippen molar-refractivity contribution in [2.24, 2.45) is 0 Å². The van der Waals surface area contributed by atoms with Crippen LogP contribution in [-0.2, 0) is 0 Å². The highest BCUT2D eigenvalue weighted by Crippen LogP contribution is 2.21. The standard InChI is InChI=1S/C10H12FNO/c1-8-7-9(11)3-4-10(8)13-12-5-2-6-12/h3-4,7H,2,5-6H2,1H3. The Morgan fingerprint density at radius 3 is 2.69 bits per heavy atom. The molecule has 0 saturated carbocycles. The van der Waals surface area contributed by atoms with Crippen molar-refractivity contribution >= 4 is 0 Å². The van der Waals surface area contributed by atoms with Crippen LogP contribution in [0.25, 0.3) is 0 Å². The van der Waals surface area contributed by atoms with Crippen LogP contribution in [0.3, 0.4) is 0 Å². The van der Waals surface area contributed by atoms with Crippen molar-refractivity contribution in [3.63, 3.8) is 0 Å². The fraction of sp³-hybridized carbons (Fsp3) is 0.400. The van der Waals surface area contributed by atoms with Crippen molar-refractivity contribution in [1.82, 2.24) is 5.06 Å². The van der Waals surface area contributed by atoms with Crippen molar-refractivity contribution < 1.29 is 9.23 Å². The number of aryl methyl sites for hydroxylation is 1. The van der Waals surface area contributed by atoms with Gasteiger partial charge >= 0.3 is 0 Å². The van der Waals surface area contributed by atoms with E-state index in [-0.39, 0.29) is 5.82 Å². The van der Waals surface area contributed by atoms with E-state index in [2.05, 4.69) is 0 Å². The van der Waals surface area contributed by atoms with Gasteiger partial charge in [-0.15, -0.1) is 5.06 Å². The first-order valence-electron chi connectivity index (χ1n) is 4.45. The van der Waals surface area contributed by atoms with Gasteiger partial charge in [0.25, 0.3) is 0 Å². The molecule has 1 saturated heterocycles. The summed E-state index contributed by atoms with van der Waals surface area (Å²) in [6.07, 6.45) is 1.18. The molecule has 1 aliphatic rings. The first-order chi connectivity index (χ1) is 6.25. The summed E-state index contributed by atoms with van der Waals surface area (Å²) < 4.78 is 12.7. The van der Waals surface area contributed by atoms with E-state index in [1.165, 1.54) is 18.6 Å². The van der Waals surface area contributed by atoms with Gasteiger partial charge < -0.3 is 4.84 Å². The van der Waals surface area contributed by atoms with Crippen molar-refractivity contribution in [3.05, 3.63) is 29.6 Å². The molecular formula is C10H12FNO. The number of benzene rings is 1. The summed E-state index contributed by atoms with van der Waals surface area (Å²) in [7, 11) is 0.